The third-order valence-corrected chi connectivity index (χ3v) is 4.44. The van der Waals surface area contributed by atoms with Crippen molar-refractivity contribution in [2.75, 3.05) is 6.61 Å². The number of nitro groups is 1. The Labute approximate surface area is 166 Å². The number of nitrogens with zero attached hydrogens (tertiary/aromatic N) is 3. The van der Waals surface area contributed by atoms with Crippen LogP contribution in [0, 0.1) is 17.0 Å². The van der Waals surface area contributed by atoms with Crippen LogP contribution in [0.1, 0.15) is 30.9 Å². The maximum Gasteiger partial charge on any atom is 0.302 e. The van der Waals surface area contributed by atoms with E-state index < -0.39 is 10.8 Å². The van der Waals surface area contributed by atoms with Crippen LogP contribution in [-0.4, -0.2) is 27.5 Å². The van der Waals surface area contributed by atoms with Gasteiger partial charge in [-0.25, -0.2) is 0 Å². The Balaban J connectivity index is 1.76. The van der Waals surface area contributed by atoms with Gasteiger partial charge in [0.25, 0.3) is 5.69 Å². The van der Waals surface area contributed by atoms with Crippen LogP contribution in [0.25, 0.3) is 10.9 Å². The average Bonchev–Trinajstić information content (AvgIpc) is 2.99. The number of H-pyrrole nitrogens is 1. The van der Waals surface area contributed by atoms with E-state index in [1.165, 1.54) is 18.2 Å². The molecule has 0 saturated carbocycles. The minimum Gasteiger partial charge on any atom is -0.493 e. The number of nitrogens with one attached hydrogen (secondary N) is 1. The summed E-state index contributed by atoms with van der Waals surface area (Å²) in [6.45, 7) is 5.68. The molecule has 0 spiro atoms. The molecule has 1 heterocycles. The van der Waals surface area contributed by atoms with Crippen molar-refractivity contribution in [1.29, 1.82) is 0 Å². The van der Waals surface area contributed by atoms with Crippen LogP contribution in [0.3, 0.4) is 0 Å². The molecule has 1 aromatic heterocycles. The number of carbonyl (C=O) groups excluding carboxylic acids is 1. The molecule has 3 rings (SSSR count). The van der Waals surface area contributed by atoms with Crippen molar-refractivity contribution < 1.29 is 19.6 Å². The van der Waals surface area contributed by atoms with E-state index in [-0.39, 0.29) is 29.2 Å². The molecule has 0 atom stereocenters. The molecule has 0 aliphatic heterocycles. The number of hydrogen-bond acceptors (Lipinski definition) is 6. The number of aryl methyl sites for hydroxylation is 1. The quantitative estimate of drug-likeness (QED) is 0.347. The smallest absolute Gasteiger partial charge is 0.302 e. The summed E-state index contributed by atoms with van der Waals surface area (Å²) >= 11 is 0. The summed E-state index contributed by atoms with van der Waals surface area (Å²) in [6, 6.07) is 9.81. The zero-order chi connectivity index (χ0) is 21.1. The number of fused-ring (bicyclic) bond motifs is 1. The third-order valence-electron chi connectivity index (χ3n) is 4.44. The molecule has 0 aliphatic carbocycles. The lowest BCUT2D eigenvalue weighted by atomic mass is 10.0. The van der Waals surface area contributed by atoms with Gasteiger partial charge in [0.15, 0.2) is 12.3 Å². The highest BCUT2D eigenvalue weighted by molar-refractivity contribution is 5.95. The van der Waals surface area contributed by atoms with E-state index in [0.717, 1.165) is 11.1 Å². The molecule has 0 aliphatic rings. The number of azo groups is 1. The number of aromatic nitrogens is 1. The Bertz CT molecular complexity index is 1120. The standard InChI is InChI=1S/C20H20N4O5/c1-11(2)13-5-4-12(3)17(8-13)29-10-18(25)22-23-19-15-9-14(24(27)28)6-7-16(15)21-20(19)26/h4-9,11,21,26H,10H2,1-3H3. The van der Waals surface area contributed by atoms with Crippen LogP contribution in [0.4, 0.5) is 11.4 Å². The average molecular weight is 396 g/mol. The van der Waals surface area contributed by atoms with Gasteiger partial charge in [-0.05, 0) is 36.1 Å². The maximum atomic E-state index is 12.1. The molecule has 1 amide bonds. The first-order valence-electron chi connectivity index (χ1n) is 8.93. The van der Waals surface area contributed by atoms with Crippen molar-refractivity contribution in [3.63, 3.8) is 0 Å². The zero-order valence-electron chi connectivity index (χ0n) is 16.2. The molecule has 0 radical (unpaired) electrons. The van der Waals surface area contributed by atoms with Gasteiger partial charge in [0.2, 0.25) is 5.88 Å². The van der Waals surface area contributed by atoms with E-state index in [2.05, 4.69) is 29.1 Å². The van der Waals surface area contributed by atoms with Crippen molar-refractivity contribution in [2.24, 2.45) is 10.2 Å². The van der Waals surface area contributed by atoms with Gasteiger partial charge in [0.1, 0.15) is 5.75 Å². The number of carbonyl (C=O) groups is 1. The molecule has 9 nitrogen and oxygen atoms in total. The fourth-order valence-electron chi connectivity index (χ4n) is 2.77. The van der Waals surface area contributed by atoms with Gasteiger partial charge >= 0.3 is 5.91 Å². The summed E-state index contributed by atoms with van der Waals surface area (Å²) in [6.07, 6.45) is 0. The maximum absolute atomic E-state index is 12.1. The monoisotopic (exact) mass is 396 g/mol. The van der Waals surface area contributed by atoms with Crippen LogP contribution in [0.2, 0.25) is 0 Å². The molecular formula is C20H20N4O5. The predicted molar refractivity (Wildman–Crippen MR) is 107 cm³/mol. The van der Waals surface area contributed by atoms with Crippen LogP contribution in [0.15, 0.2) is 46.6 Å². The minimum absolute atomic E-state index is 0.0463. The number of aromatic hydroxyl groups is 1. The predicted octanol–water partition coefficient (Wildman–Crippen LogP) is 4.90. The third kappa shape index (κ3) is 4.40. The van der Waals surface area contributed by atoms with Crippen molar-refractivity contribution in [3.05, 3.63) is 57.6 Å². The molecule has 0 bridgehead atoms. The molecule has 0 fully saturated rings. The van der Waals surface area contributed by atoms with Gasteiger partial charge in [-0.3, -0.25) is 14.9 Å². The number of ether oxygens (including phenoxy) is 1. The first-order chi connectivity index (χ1) is 13.8. The van der Waals surface area contributed by atoms with E-state index in [9.17, 15) is 20.0 Å². The lowest BCUT2D eigenvalue weighted by Gasteiger charge is -2.11. The van der Waals surface area contributed by atoms with Crippen molar-refractivity contribution in [1.82, 2.24) is 4.98 Å². The number of non-ortho nitro benzene ring substituents is 1. The molecule has 0 saturated heterocycles. The molecule has 2 N–H and O–H groups in total. The van der Waals surface area contributed by atoms with E-state index >= 15 is 0 Å². The normalized spacial score (nSPS) is 11.4. The second-order valence-electron chi connectivity index (χ2n) is 6.87. The summed E-state index contributed by atoms with van der Waals surface area (Å²) in [7, 11) is 0. The SMILES string of the molecule is Cc1ccc(C(C)C)cc1OCC(=O)N=Nc1c(O)[nH]c2ccc([N+](=O)[O-])cc12. The first kappa shape index (κ1) is 20.0. The fraction of sp³-hybridized carbons (Fsp3) is 0.250. The summed E-state index contributed by atoms with van der Waals surface area (Å²) in [5.41, 5.74) is 2.20. The summed E-state index contributed by atoms with van der Waals surface area (Å²) < 4.78 is 5.56. The molecule has 2 aromatic carbocycles. The highest BCUT2D eigenvalue weighted by atomic mass is 16.6. The van der Waals surface area contributed by atoms with E-state index in [0.29, 0.717) is 17.2 Å². The van der Waals surface area contributed by atoms with Gasteiger partial charge in [0.05, 0.1) is 10.4 Å². The zero-order valence-corrected chi connectivity index (χ0v) is 16.2. The highest BCUT2D eigenvalue weighted by Crippen LogP contribution is 2.37. The van der Waals surface area contributed by atoms with Gasteiger partial charge in [0, 0.05) is 17.5 Å². The molecule has 0 unspecified atom stereocenters. The molecular weight excluding hydrogens is 376 g/mol. The Morgan fingerprint density at radius 2 is 2.03 bits per heavy atom. The molecule has 150 valence electrons. The highest BCUT2D eigenvalue weighted by Gasteiger charge is 2.15. The number of aromatic amines is 1. The van der Waals surface area contributed by atoms with E-state index in [1.54, 1.807) is 0 Å². The van der Waals surface area contributed by atoms with Crippen molar-refractivity contribution in [3.8, 4) is 11.6 Å². The minimum atomic E-state index is -0.654. The van der Waals surface area contributed by atoms with Gasteiger partial charge in [-0.2, -0.15) is 0 Å². The lowest BCUT2D eigenvalue weighted by Crippen LogP contribution is -2.09. The van der Waals surface area contributed by atoms with Gasteiger partial charge in [-0.15, -0.1) is 10.2 Å². The second kappa shape index (κ2) is 8.09. The Morgan fingerprint density at radius 1 is 1.28 bits per heavy atom. The number of nitro benzene ring substituents is 1. The molecule has 9 heteroatoms. The van der Waals surface area contributed by atoms with Gasteiger partial charge in [-0.1, -0.05) is 26.0 Å². The van der Waals surface area contributed by atoms with Crippen LogP contribution in [-0.2, 0) is 4.79 Å². The lowest BCUT2D eigenvalue weighted by molar-refractivity contribution is -0.384. The summed E-state index contributed by atoms with van der Waals surface area (Å²) in [5.74, 6) is -0.0791. The molecule has 29 heavy (non-hydrogen) atoms. The van der Waals surface area contributed by atoms with Crippen LogP contribution < -0.4 is 4.74 Å². The van der Waals surface area contributed by atoms with Crippen LogP contribution >= 0.6 is 0 Å². The molecule has 3 aromatic rings. The number of benzene rings is 2. The van der Waals surface area contributed by atoms with Crippen molar-refractivity contribution >= 4 is 28.2 Å². The Morgan fingerprint density at radius 3 is 2.72 bits per heavy atom. The summed E-state index contributed by atoms with van der Waals surface area (Å²) in [4.78, 5) is 25.1. The van der Waals surface area contributed by atoms with Crippen LogP contribution in [0.5, 0.6) is 11.6 Å². The van der Waals surface area contributed by atoms with Gasteiger partial charge < -0.3 is 14.8 Å². The largest absolute Gasteiger partial charge is 0.493 e. The fourth-order valence-corrected chi connectivity index (χ4v) is 2.77. The van der Waals surface area contributed by atoms with E-state index in [4.69, 9.17) is 4.74 Å². The second-order valence-corrected chi connectivity index (χ2v) is 6.87. The Kier molecular flexibility index (Phi) is 5.58. The number of amides is 1. The van der Waals surface area contributed by atoms with Crippen molar-refractivity contribution in [2.45, 2.75) is 26.7 Å². The topological polar surface area (TPSA) is 130 Å². The number of rotatable bonds is 6. The Hall–Kier alpha value is -3.75. The van der Waals surface area contributed by atoms with E-state index in [1.807, 2.05) is 25.1 Å². The first-order valence-corrected chi connectivity index (χ1v) is 8.93. The summed E-state index contributed by atoms with van der Waals surface area (Å²) in [5, 5.41) is 28.6. The number of hydrogen-bond donors (Lipinski definition) is 2.